The molecule has 0 aliphatic carbocycles. The Morgan fingerprint density at radius 1 is 0.978 bits per heavy atom. The zero-order chi connectivity index (χ0) is 31.1. The van der Waals surface area contributed by atoms with Gasteiger partial charge in [0.1, 0.15) is 29.2 Å². The lowest BCUT2D eigenvalue weighted by molar-refractivity contribution is 0.0612. The molecule has 1 amide bonds. The highest BCUT2D eigenvalue weighted by molar-refractivity contribution is 6.05. The second kappa shape index (κ2) is 11.9. The predicted molar refractivity (Wildman–Crippen MR) is 172 cm³/mol. The molecular weight excluding hydrogens is 573 g/mol. The molecule has 2 aromatic carbocycles. The zero-order valence-corrected chi connectivity index (χ0v) is 24.9. The molecule has 0 spiro atoms. The Hall–Kier alpha value is -4.87. The third-order valence-corrected chi connectivity index (χ3v) is 8.82. The molecule has 2 saturated heterocycles. The van der Waals surface area contributed by atoms with Gasteiger partial charge in [-0.05, 0) is 61.2 Å². The number of likely N-dealkylation sites (tertiary alicyclic amines) is 1. The van der Waals surface area contributed by atoms with Crippen molar-refractivity contribution in [1.82, 2.24) is 24.0 Å². The first-order valence-corrected chi connectivity index (χ1v) is 15.1. The summed E-state index contributed by atoms with van der Waals surface area (Å²) in [5, 5.41) is 3.70. The standard InChI is InChI=1S/C34H34FN7O3/c1-40-15-26(16-40)42-19-27(30-32(36)37-20-38-33(30)42)22-4-8-25(9-5-22)39-34(44)29-18-41(14-21-10-12-45-13-11-21)17-28(31(29)43)23-2-6-24(35)7-3-23/h2-9,17-21,26H,10-16H2,1H3,(H,39,44)(H2,36,37,38). The SMILES string of the molecule is CN1CC(n2cc(-c3ccc(NC(=O)c4cn(CC5CCOCC5)cc(-c5ccc(F)cc5)c4=O)cc3)c3c(N)ncnc32)C1. The summed E-state index contributed by atoms with van der Waals surface area (Å²) in [6.07, 6.45) is 8.73. The Balaban J connectivity index is 1.18. The number of pyridine rings is 1. The van der Waals surface area contributed by atoms with Crippen LogP contribution in [0.4, 0.5) is 15.9 Å². The van der Waals surface area contributed by atoms with E-state index in [-0.39, 0.29) is 5.56 Å². The summed E-state index contributed by atoms with van der Waals surface area (Å²) in [4.78, 5) is 38.2. The molecule has 0 bridgehead atoms. The first-order valence-electron chi connectivity index (χ1n) is 15.1. The maximum Gasteiger partial charge on any atom is 0.261 e. The summed E-state index contributed by atoms with van der Waals surface area (Å²) in [6, 6.07) is 13.5. The lowest BCUT2D eigenvalue weighted by atomic mass is 9.99. The van der Waals surface area contributed by atoms with Gasteiger partial charge in [0.2, 0.25) is 5.43 Å². The number of hydrogen-bond donors (Lipinski definition) is 2. The quantitative estimate of drug-likeness (QED) is 0.272. The average Bonchev–Trinajstić information content (AvgIpc) is 3.42. The molecule has 11 heteroatoms. The molecule has 7 rings (SSSR count). The van der Waals surface area contributed by atoms with Crippen LogP contribution in [0.1, 0.15) is 29.2 Å². The summed E-state index contributed by atoms with van der Waals surface area (Å²) >= 11 is 0. The Morgan fingerprint density at radius 2 is 1.67 bits per heavy atom. The molecule has 45 heavy (non-hydrogen) atoms. The van der Waals surface area contributed by atoms with Gasteiger partial charge < -0.3 is 29.8 Å². The van der Waals surface area contributed by atoms with E-state index in [2.05, 4.69) is 38.0 Å². The van der Waals surface area contributed by atoms with Crippen molar-refractivity contribution in [3.8, 4) is 22.3 Å². The topological polar surface area (TPSA) is 120 Å². The van der Waals surface area contributed by atoms with E-state index in [0.29, 0.717) is 54.4 Å². The van der Waals surface area contributed by atoms with Gasteiger partial charge in [0, 0.05) is 68.3 Å². The lowest BCUT2D eigenvalue weighted by Crippen LogP contribution is -2.44. The van der Waals surface area contributed by atoms with Gasteiger partial charge in [0.25, 0.3) is 5.91 Å². The minimum Gasteiger partial charge on any atom is -0.383 e. The van der Waals surface area contributed by atoms with Gasteiger partial charge in [-0.25, -0.2) is 14.4 Å². The second-order valence-electron chi connectivity index (χ2n) is 12.0. The van der Waals surface area contributed by atoms with Gasteiger partial charge >= 0.3 is 0 Å². The van der Waals surface area contributed by atoms with Gasteiger partial charge in [-0.2, -0.15) is 0 Å². The maximum absolute atomic E-state index is 13.7. The van der Waals surface area contributed by atoms with Crippen LogP contribution in [0.5, 0.6) is 0 Å². The number of fused-ring (bicyclic) bond motifs is 1. The molecule has 5 aromatic rings. The van der Waals surface area contributed by atoms with Crippen LogP contribution in [0.2, 0.25) is 0 Å². The van der Waals surface area contributed by atoms with Crippen molar-refractivity contribution in [2.75, 3.05) is 44.4 Å². The van der Waals surface area contributed by atoms with E-state index in [0.717, 1.165) is 48.1 Å². The number of amides is 1. The van der Waals surface area contributed by atoms with Crippen molar-refractivity contribution in [2.24, 2.45) is 5.92 Å². The highest BCUT2D eigenvalue weighted by Crippen LogP contribution is 2.36. The number of likely N-dealkylation sites (N-methyl/N-ethyl adjacent to an activating group) is 1. The van der Waals surface area contributed by atoms with Gasteiger partial charge in [-0.15, -0.1) is 0 Å². The summed E-state index contributed by atoms with van der Waals surface area (Å²) < 4.78 is 23.2. The Morgan fingerprint density at radius 3 is 2.38 bits per heavy atom. The second-order valence-corrected chi connectivity index (χ2v) is 12.0. The van der Waals surface area contributed by atoms with Crippen LogP contribution in [0.25, 0.3) is 33.3 Å². The maximum atomic E-state index is 13.7. The number of halogens is 1. The molecule has 0 atom stereocenters. The molecule has 3 N–H and O–H groups in total. The number of aromatic nitrogens is 4. The number of nitrogens with zero attached hydrogens (tertiary/aromatic N) is 5. The monoisotopic (exact) mass is 607 g/mol. The number of nitrogen functional groups attached to an aromatic ring is 1. The Labute approximate surface area is 259 Å². The average molecular weight is 608 g/mol. The third kappa shape index (κ3) is 5.72. The highest BCUT2D eigenvalue weighted by Gasteiger charge is 2.28. The fraction of sp³-hybridized carbons (Fsp3) is 0.294. The van der Waals surface area contributed by atoms with E-state index in [1.807, 2.05) is 16.7 Å². The lowest BCUT2D eigenvalue weighted by Gasteiger charge is -2.37. The molecule has 2 aliphatic rings. The minimum atomic E-state index is -0.513. The molecule has 10 nitrogen and oxygen atoms in total. The van der Waals surface area contributed by atoms with Gasteiger partial charge in [0.15, 0.2) is 0 Å². The number of carbonyl (C=O) groups is 1. The number of rotatable bonds is 7. The molecular formula is C34H34FN7O3. The van der Waals surface area contributed by atoms with Crippen molar-refractivity contribution in [3.05, 3.63) is 95.1 Å². The van der Waals surface area contributed by atoms with E-state index >= 15 is 0 Å². The number of ether oxygens (including phenoxy) is 1. The molecule has 2 fully saturated rings. The molecule has 0 unspecified atom stereocenters. The molecule has 2 aliphatic heterocycles. The highest BCUT2D eigenvalue weighted by atomic mass is 19.1. The van der Waals surface area contributed by atoms with Crippen molar-refractivity contribution in [2.45, 2.75) is 25.4 Å². The first kappa shape index (κ1) is 28.9. The molecule has 0 radical (unpaired) electrons. The summed E-state index contributed by atoms with van der Waals surface area (Å²) in [5.74, 6) is -0.131. The van der Waals surface area contributed by atoms with E-state index in [1.165, 1.54) is 18.5 Å². The molecule has 230 valence electrons. The van der Waals surface area contributed by atoms with Crippen molar-refractivity contribution < 1.29 is 13.9 Å². The smallest absolute Gasteiger partial charge is 0.261 e. The van der Waals surface area contributed by atoms with Crippen LogP contribution >= 0.6 is 0 Å². The van der Waals surface area contributed by atoms with Crippen LogP contribution in [0, 0.1) is 11.7 Å². The van der Waals surface area contributed by atoms with Crippen molar-refractivity contribution in [3.63, 3.8) is 0 Å². The molecule has 3 aromatic heterocycles. The Kier molecular flexibility index (Phi) is 7.64. The van der Waals surface area contributed by atoms with Crippen LogP contribution < -0.4 is 16.5 Å². The number of hydrogen-bond acceptors (Lipinski definition) is 7. The minimum absolute atomic E-state index is 0.0198. The fourth-order valence-electron chi connectivity index (χ4n) is 6.34. The van der Waals surface area contributed by atoms with E-state index < -0.39 is 17.2 Å². The van der Waals surface area contributed by atoms with Crippen LogP contribution in [-0.2, 0) is 11.3 Å². The van der Waals surface area contributed by atoms with Crippen LogP contribution in [0.3, 0.4) is 0 Å². The number of carbonyl (C=O) groups excluding carboxylic acids is 1. The third-order valence-electron chi connectivity index (χ3n) is 8.82. The van der Waals surface area contributed by atoms with E-state index in [1.54, 1.807) is 36.7 Å². The summed E-state index contributed by atoms with van der Waals surface area (Å²) in [6.45, 7) is 3.88. The number of nitrogens with two attached hydrogens (primary N) is 1. The van der Waals surface area contributed by atoms with Crippen molar-refractivity contribution >= 4 is 28.4 Å². The Bertz CT molecular complexity index is 1920. The number of nitrogens with one attached hydrogen (secondary N) is 1. The van der Waals surface area contributed by atoms with Gasteiger partial charge in [-0.3, -0.25) is 9.59 Å². The predicted octanol–water partition coefficient (Wildman–Crippen LogP) is 4.81. The number of anilines is 2. The summed E-state index contributed by atoms with van der Waals surface area (Å²) in [5.41, 5.74) is 9.98. The fourth-order valence-corrected chi connectivity index (χ4v) is 6.34. The largest absolute Gasteiger partial charge is 0.383 e. The van der Waals surface area contributed by atoms with Crippen LogP contribution in [0.15, 0.2) is 78.2 Å². The normalized spacial score (nSPS) is 16.1. The summed E-state index contributed by atoms with van der Waals surface area (Å²) in [7, 11) is 2.08. The van der Waals surface area contributed by atoms with Gasteiger partial charge in [-0.1, -0.05) is 24.3 Å². The first-order chi connectivity index (χ1) is 21.8. The van der Waals surface area contributed by atoms with E-state index in [9.17, 15) is 14.0 Å². The van der Waals surface area contributed by atoms with Gasteiger partial charge in [0.05, 0.1) is 11.4 Å². The van der Waals surface area contributed by atoms with Crippen LogP contribution in [-0.4, -0.2) is 63.3 Å². The van der Waals surface area contributed by atoms with E-state index in [4.69, 9.17) is 10.5 Å². The molecule has 0 saturated carbocycles. The molecule has 5 heterocycles. The van der Waals surface area contributed by atoms with Crippen molar-refractivity contribution in [1.29, 1.82) is 0 Å². The number of benzene rings is 2. The zero-order valence-electron chi connectivity index (χ0n) is 24.9.